The van der Waals surface area contributed by atoms with Crippen LogP contribution >= 0.6 is 15.9 Å². The number of rotatable bonds is 4. The summed E-state index contributed by atoms with van der Waals surface area (Å²) in [6, 6.07) is 4.79. The van der Waals surface area contributed by atoms with Crippen molar-refractivity contribution < 1.29 is 18.3 Å². The summed E-state index contributed by atoms with van der Waals surface area (Å²) in [5, 5.41) is 0. The first-order valence-electron chi connectivity index (χ1n) is 4.24. The second-order valence-electron chi connectivity index (χ2n) is 2.84. The summed E-state index contributed by atoms with van der Waals surface area (Å²) in [4.78, 5) is -1.05. The fourth-order valence-corrected chi connectivity index (χ4v) is 1.55. The Morgan fingerprint density at radius 3 is 2.33 bits per heavy atom. The van der Waals surface area contributed by atoms with E-state index in [9.17, 15) is 8.78 Å². The van der Waals surface area contributed by atoms with Crippen LogP contribution < -0.4 is 9.47 Å². The normalized spacial score (nSPS) is 12.7. The van der Waals surface area contributed by atoms with Gasteiger partial charge in [0, 0.05) is 5.56 Å². The van der Waals surface area contributed by atoms with Crippen LogP contribution in [0.2, 0.25) is 0 Å². The largest absolute Gasteiger partial charge is 0.497 e. The van der Waals surface area contributed by atoms with E-state index in [0.29, 0.717) is 17.1 Å². The van der Waals surface area contributed by atoms with Gasteiger partial charge in [-0.3, -0.25) is 0 Å². The second-order valence-corrected chi connectivity index (χ2v) is 3.83. The van der Waals surface area contributed by atoms with E-state index in [1.54, 1.807) is 12.1 Å². The topological polar surface area (TPSA) is 18.5 Å². The van der Waals surface area contributed by atoms with E-state index in [1.165, 1.54) is 20.3 Å². The maximum Gasteiger partial charge on any atom is 0.255 e. The molecule has 0 bridgehead atoms. The quantitative estimate of drug-likeness (QED) is 0.787. The minimum absolute atomic E-state index is 0.381. The summed E-state index contributed by atoms with van der Waals surface area (Å²) >= 11 is 2.92. The number of hydrogen-bond acceptors (Lipinski definition) is 2. The highest BCUT2D eigenvalue weighted by Crippen LogP contribution is 2.37. The molecule has 0 radical (unpaired) electrons. The van der Waals surface area contributed by atoms with Gasteiger partial charge in [-0.15, -0.1) is 0 Å². The van der Waals surface area contributed by atoms with E-state index in [-0.39, 0.29) is 0 Å². The Bertz CT molecular complexity index is 331. The number of methoxy groups -OCH3 is 2. The van der Waals surface area contributed by atoms with Gasteiger partial charge in [0.1, 0.15) is 16.3 Å². The fraction of sp³-hybridized carbons (Fsp3) is 0.400. The summed E-state index contributed by atoms with van der Waals surface area (Å²) in [5.41, 5.74) is 0.381. The van der Waals surface area contributed by atoms with E-state index < -0.39 is 11.3 Å². The van der Waals surface area contributed by atoms with Gasteiger partial charge in [0.05, 0.1) is 14.2 Å². The van der Waals surface area contributed by atoms with Crippen LogP contribution in [-0.2, 0) is 0 Å². The molecule has 5 heteroatoms. The van der Waals surface area contributed by atoms with Crippen LogP contribution in [0.1, 0.15) is 10.4 Å². The van der Waals surface area contributed by atoms with Crippen molar-refractivity contribution in [3.8, 4) is 11.5 Å². The molecular weight excluding hydrogens is 270 g/mol. The first-order chi connectivity index (χ1) is 7.10. The average molecular weight is 281 g/mol. The van der Waals surface area contributed by atoms with Crippen molar-refractivity contribution in [2.75, 3.05) is 14.2 Å². The molecule has 0 aromatic heterocycles. The molecule has 0 aliphatic carbocycles. The summed E-state index contributed by atoms with van der Waals surface area (Å²) in [6.45, 7) is 0. The van der Waals surface area contributed by atoms with Gasteiger partial charge < -0.3 is 9.47 Å². The first-order valence-corrected chi connectivity index (χ1v) is 5.16. The Kier molecular flexibility index (Phi) is 4.32. The maximum atomic E-state index is 12.5. The van der Waals surface area contributed by atoms with E-state index in [4.69, 9.17) is 9.47 Å². The molecule has 2 nitrogen and oxygen atoms in total. The molecular formula is C10H11BrF2O2. The third-order valence-corrected chi connectivity index (χ3v) is 2.85. The van der Waals surface area contributed by atoms with E-state index in [2.05, 4.69) is 15.9 Å². The van der Waals surface area contributed by atoms with Crippen molar-refractivity contribution in [2.45, 2.75) is 11.3 Å². The van der Waals surface area contributed by atoms with Gasteiger partial charge in [0.25, 0.3) is 6.43 Å². The Hall–Kier alpha value is -0.840. The molecule has 15 heavy (non-hydrogen) atoms. The van der Waals surface area contributed by atoms with Gasteiger partial charge in [-0.1, -0.05) is 15.9 Å². The lowest BCUT2D eigenvalue weighted by molar-refractivity contribution is 0.146. The SMILES string of the molecule is COc1ccc(OC)c(C(Br)C(F)F)c1. The van der Waals surface area contributed by atoms with Crippen LogP contribution in [0.15, 0.2) is 18.2 Å². The summed E-state index contributed by atoms with van der Waals surface area (Å²) < 4.78 is 35.0. The molecule has 0 amide bonds. The molecule has 1 aromatic rings. The first kappa shape index (κ1) is 12.2. The fourth-order valence-electron chi connectivity index (χ4n) is 1.19. The van der Waals surface area contributed by atoms with Crippen LogP contribution in [0.5, 0.6) is 11.5 Å². The molecule has 0 aliphatic rings. The van der Waals surface area contributed by atoms with E-state index in [0.717, 1.165) is 0 Å². The van der Waals surface area contributed by atoms with E-state index >= 15 is 0 Å². The molecule has 84 valence electrons. The molecule has 1 rings (SSSR count). The lowest BCUT2D eigenvalue weighted by Gasteiger charge is -2.14. The average Bonchev–Trinajstić information content (AvgIpc) is 2.27. The third kappa shape index (κ3) is 2.81. The number of halogens is 3. The number of hydrogen-bond donors (Lipinski definition) is 0. The van der Waals surface area contributed by atoms with Crippen LogP contribution in [0.25, 0.3) is 0 Å². The smallest absolute Gasteiger partial charge is 0.255 e. The van der Waals surface area contributed by atoms with Gasteiger partial charge >= 0.3 is 0 Å². The van der Waals surface area contributed by atoms with Crippen LogP contribution in [0, 0.1) is 0 Å². The lowest BCUT2D eigenvalue weighted by atomic mass is 10.1. The summed E-state index contributed by atoms with van der Waals surface area (Å²) in [6.07, 6.45) is -2.49. The van der Waals surface area contributed by atoms with Crippen LogP contribution in [0.4, 0.5) is 8.78 Å². The van der Waals surface area contributed by atoms with Crippen molar-refractivity contribution in [2.24, 2.45) is 0 Å². The summed E-state index contributed by atoms with van der Waals surface area (Å²) in [5.74, 6) is 0.939. The van der Waals surface area contributed by atoms with E-state index in [1.807, 2.05) is 0 Å². The van der Waals surface area contributed by atoms with Gasteiger partial charge in [0.2, 0.25) is 0 Å². The van der Waals surface area contributed by atoms with Crippen LogP contribution in [0.3, 0.4) is 0 Å². The molecule has 1 atom stereocenters. The monoisotopic (exact) mass is 280 g/mol. The second kappa shape index (κ2) is 5.30. The van der Waals surface area contributed by atoms with Crippen molar-refractivity contribution >= 4 is 15.9 Å². The zero-order valence-electron chi connectivity index (χ0n) is 8.34. The Morgan fingerprint density at radius 1 is 1.20 bits per heavy atom. The Balaban J connectivity index is 3.11. The Morgan fingerprint density at radius 2 is 1.87 bits per heavy atom. The maximum absolute atomic E-state index is 12.5. The Labute approximate surface area is 95.3 Å². The molecule has 0 N–H and O–H groups in total. The van der Waals surface area contributed by atoms with Crippen molar-refractivity contribution in [1.82, 2.24) is 0 Å². The van der Waals surface area contributed by atoms with Crippen molar-refractivity contribution in [3.05, 3.63) is 23.8 Å². The lowest BCUT2D eigenvalue weighted by Crippen LogP contribution is -2.04. The van der Waals surface area contributed by atoms with Crippen LogP contribution in [-0.4, -0.2) is 20.6 Å². The minimum Gasteiger partial charge on any atom is -0.497 e. The van der Waals surface area contributed by atoms with Gasteiger partial charge in [-0.2, -0.15) is 0 Å². The van der Waals surface area contributed by atoms with Gasteiger partial charge in [-0.25, -0.2) is 8.78 Å². The van der Waals surface area contributed by atoms with Crippen molar-refractivity contribution in [1.29, 1.82) is 0 Å². The van der Waals surface area contributed by atoms with Gasteiger partial charge in [0.15, 0.2) is 0 Å². The standard InChI is InChI=1S/C10H11BrF2O2/c1-14-6-3-4-8(15-2)7(5-6)9(11)10(12)13/h3-5,9-10H,1-2H3. The zero-order chi connectivity index (χ0) is 11.4. The molecule has 0 aliphatic heterocycles. The highest BCUT2D eigenvalue weighted by atomic mass is 79.9. The number of alkyl halides is 3. The zero-order valence-corrected chi connectivity index (χ0v) is 9.92. The molecule has 0 spiro atoms. The molecule has 1 aromatic carbocycles. The molecule has 0 saturated heterocycles. The predicted molar refractivity (Wildman–Crippen MR) is 57.2 cm³/mol. The summed E-state index contributed by atoms with van der Waals surface area (Å²) in [7, 11) is 2.92. The third-order valence-electron chi connectivity index (χ3n) is 1.96. The predicted octanol–water partition coefficient (Wildman–Crippen LogP) is 3.40. The van der Waals surface area contributed by atoms with Gasteiger partial charge in [-0.05, 0) is 18.2 Å². The molecule has 1 unspecified atom stereocenters. The van der Waals surface area contributed by atoms with Crippen molar-refractivity contribution in [3.63, 3.8) is 0 Å². The number of benzene rings is 1. The number of ether oxygens (including phenoxy) is 2. The highest BCUT2D eigenvalue weighted by Gasteiger charge is 2.23. The molecule has 0 saturated carbocycles. The minimum atomic E-state index is -2.49. The highest BCUT2D eigenvalue weighted by molar-refractivity contribution is 9.09. The molecule has 0 fully saturated rings. The molecule has 0 heterocycles.